The molecule has 0 aliphatic carbocycles. The van der Waals surface area contributed by atoms with Gasteiger partial charge in [-0.2, -0.15) is 0 Å². The van der Waals surface area contributed by atoms with Gasteiger partial charge in [-0.1, -0.05) is 40.0 Å². The fourth-order valence-corrected chi connectivity index (χ4v) is 1.42. The van der Waals surface area contributed by atoms with Gasteiger partial charge >= 0.3 is 0 Å². The average molecular weight is 261 g/mol. The molecule has 18 heavy (non-hydrogen) atoms. The lowest BCUT2D eigenvalue weighted by Crippen LogP contribution is -2.47. The monoisotopic (exact) mass is 261 g/mol. The Hall–Kier alpha value is -0.160. The highest BCUT2D eigenvalue weighted by molar-refractivity contribution is 4.59. The first-order valence-corrected chi connectivity index (χ1v) is 7.36. The summed E-state index contributed by atoms with van der Waals surface area (Å²) in [4.78, 5) is 0. The molecule has 0 unspecified atom stereocenters. The lowest BCUT2D eigenvalue weighted by atomic mass is 10.3. The topological polar surface area (TPSA) is 53.7 Å². The Morgan fingerprint density at radius 1 is 0.722 bits per heavy atom. The molecule has 0 bridgehead atoms. The average Bonchev–Trinajstić information content (AvgIpc) is 2.39. The van der Waals surface area contributed by atoms with Gasteiger partial charge in [0.1, 0.15) is 0 Å². The van der Waals surface area contributed by atoms with Gasteiger partial charge in [-0.15, -0.1) is 0 Å². The lowest BCUT2D eigenvalue weighted by molar-refractivity contribution is -0.374. The lowest BCUT2D eigenvalue weighted by Gasteiger charge is -2.32. The van der Waals surface area contributed by atoms with Crippen molar-refractivity contribution in [1.29, 1.82) is 0 Å². The first-order chi connectivity index (χ1) is 8.74. The molecule has 0 amide bonds. The van der Waals surface area contributed by atoms with E-state index in [1.54, 1.807) is 0 Å². The van der Waals surface area contributed by atoms with Crippen molar-refractivity contribution in [2.24, 2.45) is 5.73 Å². The van der Waals surface area contributed by atoms with Crippen molar-refractivity contribution < 1.29 is 14.2 Å². The van der Waals surface area contributed by atoms with Crippen LogP contribution in [0.4, 0.5) is 0 Å². The predicted molar refractivity (Wildman–Crippen MR) is 74.4 cm³/mol. The highest BCUT2D eigenvalue weighted by Gasteiger charge is 2.31. The van der Waals surface area contributed by atoms with Gasteiger partial charge in [0, 0.05) is 0 Å². The summed E-state index contributed by atoms with van der Waals surface area (Å²) in [7, 11) is 0. The normalized spacial score (nSPS) is 12.0. The van der Waals surface area contributed by atoms with Crippen LogP contribution in [0, 0.1) is 0 Å². The van der Waals surface area contributed by atoms with E-state index < -0.39 is 5.97 Å². The Morgan fingerprint density at radius 3 is 1.28 bits per heavy atom. The fraction of sp³-hybridized carbons (Fsp3) is 1.00. The molecule has 2 N–H and O–H groups in total. The van der Waals surface area contributed by atoms with E-state index in [0.717, 1.165) is 38.5 Å². The molecule has 4 heteroatoms. The first-order valence-electron chi connectivity index (χ1n) is 7.36. The molecule has 0 saturated carbocycles. The third kappa shape index (κ3) is 8.03. The van der Waals surface area contributed by atoms with Gasteiger partial charge in [-0.3, -0.25) is 0 Å². The van der Waals surface area contributed by atoms with Crippen molar-refractivity contribution in [2.45, 2.75) is 65.3 Å². The molecule has 0 spiro atoms. The van der Waals surface area contributed by atoms with Gasteiger partial charge in [0.05, 0.1) is 26.4 Å². The second-order valence-electron chi connectivity index (χ2n) is 4.49. The summed E-state index contributed by atoms with van der Waals surface area (Å²) in [5.41, 5.74) is 5.78. The molecule has 0 aromatic rings. The van der Waals surface area contributed by atoms with Crippen molar-refractivity contribution in [2.75, 3.05) is 26.4 Å². The largest absolute Gasteiger partial charge is 0.326 e. The van der Waals surface area contributed by atoms with Gasteiger partial charge in [0.2, 0.25) is 0 Å². The maximum Gasteiger partial charge on any atom is 0.296 e. The molecule has 0 radical (unpaired) electrons. The van der Waals surface area contributed by atoms with Gasteiger partial charge in [0.25, 0.3) is 5.97 Å². The van der Waals surface area contributed by atoms with Crippen LogP contribution in [0.2, 0.25) is 0 Å². The van der Waals surface area contributed by atoms with Crippen LogP contribution < -0.4 is 5.73 Å². The predicted octanol–water partition coefficient (Wildman–Crippen LogP) is 3.05. The number of unbranched alkanes of at least 4 members (excludes halogenated alkanes) is 3. The molecule has 0 fully saturated rings. The molecule has 0 atom stereocenters. The zero-order valence-corrected chi connectivity index (χ0v) is 12.4. The quantitative estimate of drug-likeness (QED) is 0.409. The van der Waals surface area contributed by atoms with Crippen LogP contribution in [-0.2, 0) is 14.2 Å². The van der Waals surface area contributed by atoms with Crippen LogP contribution in [-0.4, -0.2) is 32.3 Å². The highest BCUT2D eigenvalue weighted by Crippen LogP contribution is 2.16. The zero-order chi connectivity index (χ0) is 13.7. The summed E-state index contributed by atoms with van der Waals surface area (Å²) >= 11 is 0. The van der Waals surface area contributed by atoms with Crippen molar-refractivity contribution in [3.8, 4) is 0 Å². The number of nitrogens with two attached hydrogens (primary N) is 1. The summed E-state index contributed by atoms with van der Waals surface area (Å²) in [6.07, 6.45) is 6.25. The van der Waals surface area contributed by atoms with Gasteiger partial charge in [0.15, 0.2) is 0 Å². The van der Waals surface area contributed by atoms with Crippen LogP contribution in [0.3, 0.4) is 0 Å². The number of hydrogen-bond acceptors (Lipinski definition) is 4. The second-order valence-corrected chi connectivity index (χ2v) is 4.49. The van der Waals surface area contributed by atoms with E-state index in [9.17, 15) is 0 Å². The van der Waals surface area contributed by atoms with Crippen LogP contribution in [0.25, 0.3) is 0 Å². The van der Waals surface area contributed by atoms with E-state index in [1.165, 1.54) is 0 Å². The number of rotatable bonds is 13. The van der Waals surface area contributed by atoms with E-state index in [-0.39, 0.29) is 6.54 Å². The summed E-state index contributed by atoms with van der Waals surface area (Å²) in [5, 5.41) is 0. The molecule has 4 nitrogen and oxygen atoms in total. The van der Waals surface area contributed by atoms with E-state index in [2.05, 4.69) is 20.8 Å². The van der Waals surface area contributed by atoms with Crippen LogP contribution in [0.5, 0.6) is 0 Å². The molecule has 0 saturated heterocycles. The van der Waals surface area contributed by atoms with Crippen LogP contribution >= 0.6 is 0 Å². The number of hydrogen-bond donors (Lipinski definition) is 1. The molecule has 0 heterocycles. The second kappa shape index (κ2) is 11.9. The van der Waals surface area contributed by atoms with Gasteiger partial charge < -0.3 is 19.9 Å². The van der Waals surface area contributed by atoms with Crippen molar-refractivity contribution >= 4 is 0 Å². The van der Waals surface area contributed by atoms with Crippen molar-refractivity contribution in [3.63, 3.8) is 0 Å². The third-order valence-electron chi connectivity index (χ3n) is 2.71. The highest BCUT2D eigenvalue weighted by atomic mass is 16.9. The summed E-state index contributed by atoms with van der Waals surface area (Å²) in [6, 6.07) is 0. The van der Waals surface area contributed by atoms with E-state index in [0.29, 0.717) is 19.8 Å². The Bertz CT molecular complexity index is 150. The molecule has 0 aromatic heterocycles. The Labute approximate surface area is 112 Å². The van der Waals surface area contributed by atoms with Crippen molar-refractivity contribution in [1.82, 2.24) is 0 Å². The first kappa shape index (κ1) is 17.8. The molecule has 0 aliphatic rings. The molecular formula is C14H31NO3. The minimum Gasteiger partial charge on any atom is -0.326 e. The summed E-state index contributed by atoms with van der Waals surface area (Å²) in [6.45, 7) is 8.52. The van der Waals surface area contributed by atoms with E-state index in [1.807, 2.05) is 0 Å². The number of ether oxygens (including phenoxy) is 3. The summed E-state index contributed by atoms with van der Waals surface area (Å²) < 4.78 is 17.2. The third-order valence-corrected chi connectivity index (χ3v) is 2.71. The molecule has 110 valence electrons. The smallest absolute Gasteiger partial charge is 0.296 e. The van der Waals surface area contributed by atoms with Crippen molar-refractivity contribution in [3.05, 3.63) is 0 Å². The minimum absolute atomic E-state index is 0.240. The van der Waals surface area contributed by atoms with Gasteiger partial charge in [-0.05, 0) is 19.3 Å². The molecular weight excluding hydrogens is 230 g/mol. The SMILES string of the molecule is CCCCOC(CN)(OCCCC)OCCCC. The standard InChI is InChI=1S/C14H31NO3/c1-4-7-10-16-14(13-15,17-11-8-5-2)18-12-9-6-3/h4-13,15H2,1-3H3. The Morgan fingerprint density at radius 2 is 1.06 bits per heavy atom. The fourth-order valence-electron chi connectivity index (χ4n) is 1.42. The Kier molecular flexibility index (Phi) is 11.8. The Balaban J connectivity index is 4.20. The van der Waals surface area contributed by atoms with E-state index >= 15 is 0 Å². The molecule has 0 rings (SSSR count). The maximum absolute atomic E-state index is 5.78. The maximum atomic E-state index is 5.78. The van der Waals surface area contributed by atoms with Crippen LogP contribution in [0.15, 0.2) is 0 Å². The van der Waals surface area contributed by atoms with Crippen LogP contribution in [0.1, 0.15) is 59.3 Å². The summed E-state index contributed by atoms with van der Waals surface area (Å²) in [5.74, 6) is -1.03. The molecule has 0 aromatic carbocycles. The zero-order valence-electron chi connectivity index (χ0n) is 12.4. The van der Waals surface area contributed by atoms with E-state index in [4.69, 9.17) is 19.9 Å². The van der Waals surface area contributed by atoms with Gasteiger partial charge in [-0.25, -0.2) is 0 Å². The molecule has 0 aliphatic heterocycles. The minimum atomic E-state index is -1.03.